The Morgan fingerprint density at radius 2 is 1.95 bits per heavy atom. The van der Waals surface area contributed by atoms with E-state index < -0.39 is 6.10 Å². The summed E-state index contributed by atoms with van der Waals surface area (Å²) in [4.78, 5) is 2.41. The van der Waals surface area contributed by atoms with E-state index in [0.717, 1.165) is 43.6 Å². The van der Waals surface area contributed by atoms with Crippen molar-refractivity contribution in [1.82, 2.24) is 4.90 Å². The second-order valence-electron chi connectivity index (χ2n) is 10.1. The molecule has 8 heteroatoms. The van der Waals surface area contributed by atoms with Crippen LogP contribution in [0.1, 0.15) is 62.8 Å². The van der Waals surface area contributed by atoms with E-state index in [-0.39, 0.29) is 17.9 Å². The molecule has 1 spiro atoms. The van der Waals surface area contributed by atoms with Crippen LogP contribution >= 0.6 is 0 Å². The van der Waals surface area contributed by atoms with Crippen molar-refractivity contribution in [2.24, 2.45) is 11.5 Å². The highest BCUT2D eigenvalue weighted by Crippen LogP contribution is 2.44. The predicted octanol–water partition coefficient (Wildman–Crippen LogP) is 3.83. The smallest absolute Gasteiger partial charge is 0.125 e. The van der Waals surface area contributed by atoms with E-state index in [1.54, 1.807) is 25.1 Å². The Bertz CT molecular complexity index is 1220. The molecular formula is C29H39N5O3. The lowest BCUT2D eigenvalue weighted by atomic mass is 9.81. The van der Waals surface area contributed by atoms with Gasteiger partial charge in [0.1, 0.15) is 23.7 Å². The highest BCUT2D eigenvalue weighted by Gasteiger charge is 2.42. The van der Waals surface area contributed by atoms with Gasteiger partial charge in [0, 0.05) is 53.2 Å². The molecule has 2 aromatic rings. The van der Waals surface area contributed by atoms with Crippen molar-refractivity contribution in [2.45, 2.75) is 51.7 Å². The topological polar surface area (TPSA) is 144 Å². The van der Waals surface area contributed by atoms with Crippen molar-refractivity contribution in [3.8, 4) is 11.5 Å². The number of nitrogens with one attached hydrogen (secondary N) is 1. The summed E-state index contributed by atoms with van der Waals surface area (Å²) in [5.74, 6) is 1.27. The largest absolute Gasteiger partial charge is 0.489 e. The summed E-state index contributed by atoms with van der Waals surface area (Å²) in [7, 11) is 0. The molecule has 0 saturated carbocycles. The number of aliphatic hydroxyl groups excluding tert-OH is 1. The van der Waals surface area contributed by atoms with Crippen molar-refractivity contribution < 1.29 is 14.6 Å². The minimum Gasteiger partial charge on any atom is -0.489 e. The van der Waals surface area contributed by atoms with E-state index >= 15 is 0 Å². The van der Waals surface area contributed by atoms with Crippen LogP contribution < -0.4 is 26.7 Å². The van der Waals surface area contributed by atoms with Crippen LogP contribution in [0.4, 0.5) is 5.69 Å². The van der Waals surface area contributed by atoms with Crippen molar-refractivity contribution in [2.75, 3.05) is 32.0 Å². The number of nitrogen functional groups attached to an aromatic ring is 1. The van der Waals surface area contributed by atoms with Gasteiger partial charge in [-0.3, -0.25) is 5.41 Å². The molecule has 4 rings (SSSR count). The van der Waals surface area contributed by atoms with Crippen LogP contribution in [0.25, 0.3) is 0 Å². The number of likely N-dealkylation sites (tertiary alicyclic amines) is 1. The van der Waals surface area contributed by atoms with Gasteiger partial charge in [0.15, 0.2) is 0 Å². The number of fused-ring (bicyclic) bond motifs is 1. The van der Waals surface area contributed by atoms with E-state index in [1.165, 1.54) is 6.20 Å². The number of hydrogen-bond donors (Lipinski definition) is 5. The van der Waals surface area contributed by atoms with Crippen molar-refractivity contribution in [3.05, 3.63) is 76.1 Å². The molecule has 2 heterocycles. The fourth-order valence-corrected chi connectivity index (χ4v) is 5.17. The molecule has 0 bridgehead atoms. The quantitative estimate of drug-likeness (QED) is 0.218. The maximum absolute atomic E-state index is 11.1. The number of nitrogens with zero attached hydrogens (tertiary/aromatic N) is 1. The van der Waals surface area contributed by atoms with E-state index in [4.69, 9.17) is 32.1 Å². The molecule has 1 saturated heterocycles. The predicted molar refractivity (Wildman–Crippen MR) is 148 cm³/mol. The molecule has 1 fully saturated rings. The average molecular weight is 506 g/mol. The highest BCUT2D eigenvalue weighted by molar-refractivity contribution is 6.14. The van der Waals surface area contributed by atoms with Crippen molar-refractivity contribution in [3.63, 3.8) is 0 Å². The molecule has 37 heavy (non-hydrogen) atoms. The molecule has 0 aliphatic carbocycles. The zero-order chi connectivity index (χ0) is 26.7. The first-order chi connectivity index (χ1) is 17.7. The van der Waals surface area contributed by atoms with E-state index in [0.29, 0.717) is 46.0 Å². The fourth-order valence-electron chi connectivity index (χ4n) is 5.17. The van der Waals surface area contributed by atoms with Gasteiger partial charge in [0.25, 0.3) is 0 Å². The monoisotopic (exact) mass is 505 g/mol. The highest BCUT2D eigenvalue weighted by atomic mass is 16.5. The molecule has 2 aromatic carbocycles. The van der Waals surface area contributed by atoms with Crippen LogP contribution in [0.3, 0.4) is 0 Å². The Morgan fingerprint density at radius 1 is 1.22 bits per heavy atom. The number of hydrogen-bond acceptors (Lipinski definition) is 8. The molecule has 198 valence electrons. The first-order valence-corrected chi connectivity index (χ1v) is 12.9. The number of piperidine rings is 1. The normalized spacial score (nSPS) is 20.1. The molecule has 2 aliphatic heterocycles. The average Bonchev–Trinajstić information content (AvgIpc) is 2.89. The van der Waals surface area contributed by atoms with Crippen molar-refractivity contribution in [1.29, 1.82) is 5.41 Å². The lowest BCUT2D eigenvalue weighted by Gasteiger charge is -2.45. The third-order valence-electron chi connectivity index (χ3n) is 7.64. The SMILES string of the molecule is CCN1CCC2(CC1)CC(O)c1cc(C(=N)c3cc(OCC(/C(C)=C\N)=C(\C)N)ccc3N)ccc1O2. The molecule has 0 amide bonds. The summed E-state index contributed by atoms with van der Waals surface area (Å²) in [5, 5.41) is 20.0. The Morgan fingerprint density at radius 3 is 2.59 bits per heavy atom. The van der Waals surface area contributed by atoms with Gasteiger partial charge in [-0.25, -0.2) is 0 Å². The minimum absolute atomic E-state index is 0.248. The summed E-state index contributed by atoms with van der Waals surface area (Å²) in [6, 6.07) is 10.8. The number of nitrogens with two attached hydrogens (primary N) is 3. The van der Waals surface area contributed by atoms with Gasteiger partial charge in [-0.2, -0.15) is 0 Å². The van der Waals surface area contributed by atoms with Crippen LogP contribution in [-0.2, 0) is 0 Å². The van der Waals surface area contributed by atoms with Crippen LogP contribution in [0.15, 0.2) is 59.4 Å². The molecule has 8 nitrogen and oxygen atoms in total. The summed E-state index contributed by atoms with van der Waals surface area (Å²) >= 11 is 0. The molecule has 0 aromatic heterocycles. The standard InChI is InChI=1S/C29H39N5O3/c1-4-34-11-9-29(10-12-34)15-26(35)23-13-20(5-8-27(23)37-29)28(33)22-14-21(6-7-25(22)32)36-17-24(19(3)31)18(2)16-30/h5-8,13-14,16,26,33,35H,4,9-12,15,17,30-32H2,1-3H3/b18-16-,24-19-,33-28?. The number of benzene rings is 2. The van der Waals surface area contributed by atoms with Crippen LogP contribution in [0, 0.1) is 5.41 Å². The second kappa shape index (κ2) is 10.9. The van der Waals surface area contributed by atoms with Gasteiger partial charge < -0.3 is 36.7 Å². The Balaban J connectivity index is 1.54. The third kappa shape index (κ3) is 5.60. The molecule has 0 radical (unpaired) electrons. The first-order valence-electron chi connectivity index (χ1n) is 12.9. The first kappa shape index (κ1) is 26.6. The maximum atomic E-state index is 11.1. The van der Waals surface area contributed by atoms with Gasteiger partial charge >= 0.3 is 0 Å². The summed E-state index contributed by atoms with van der Waals surface area (Å²) in [6.07, 6.45) is 3.23. The molecule has 1 unspecified atom stereocenters. The third-order valence-corrected chi connectivity index (χ3v) is 7.64. The molecule has 8 N–H and O–H groups in total. The van der Waals surface area contributed by atoms with Gasteiger partial charge in [-0.15, -0.1) is 0 Å². The summed E-state index contributed by atoms with van der Waals surface area (Å²) in [5.41, 5.74) is 22.5. The number of ether oxygens (including phenoxy) is 2. The Kier molecular flexibility index (Phi) is 7.80. The van der Waals surface area contributed by atoms with Crippen LogP contribution in [-0.4, -0.2) is 47.6 Å². The van der Waals surface area contributed by atoms with Crippen molar-refractivity contribution >= 4 is 11.4 Å². The van der Waals surface area contributed by atoms with Gasteiger partial charge in [0.05, 0.1) is 11.8 Å². The number of allylic oxidation sites excluding steroid dienone is 1. The number of aliphatic hydroxyl groups is 1. The number of anilines is 1. The molecule has 1 atom stereocenters. The van der Waals surface area contributed by atoms with E-state index in [2.05, 4.69) is 11.8 Å². The maximum Gasteiger partial charge on any atom is 0.125 e. The Labute approximate surface area is 219 Å². The van der Waals surface area contributed by atoms with Crippen LogP contribution in [0.5, 0.6) is 11.5 Å². The number of rotatable bonds is 7. The zero-order valence-corrected chi connectivity index (χ0v) is 22.0. The summed E-state index contributed by atoms with van der Waals surface area (Å²) < 4.78 is 12.5. The van der Waals surface area contributed by atoms with Gasteiger partial charge in [-0.05, 0) is 81.4 Å². The zero-order valence-electron chi connectivity index (χ0n) is 22.0. The van der Waals surface area contributed by atoms with E-state index in [1.807, 2.05) is 25.1 Å². The van der Waals surface area contributed by atoms with Gasteiger partial charge in [-0.1, -0.05) is 6.92 Å². The second-order valence-corrected chi connectivity index (χ2v) is 10.1. The lowest BCUT2D eigenvalue weighted by molar-refractivity contribution is -0.0531. The lowest BCUT2D eigenvalue weighted by Crippen LogP contribution is -2.50. The molecular weight excluding hydrogens is 466 g/mol. The van der Waals surface area contributed by atoms with Crippen LogP contribution in [0.2, 0.25) is 0 Å². The summed E-state index contributed by atoms with van der Waals surface area (Å²) in [6.45, 7) is 9.09. The van der Waals surface area contributed by atoms with E-state index in [9.17, 15) is 5.11 Å². The van der Waals surface area contributed by atoms with Gasteiger partial charge in [0.2, 0.25) is 0 Å². The molecule has 2 aliphatic rings. The Hall–Kier alpha value is -3.49. The minimum atomic E-state index is -0.639. The fraction of sp³-hybridized carbons (Fsp3) is 0.414.